The molecule has 0 aliphatic rings. The van der Waals surface area contributed by atoms with Crippen LogP contribution in [-0.4, -0.2) is 40.1 Å². The Kier molecular flexibility index (Phi) is 8.53. The fourth-order valence-electron chi connectivity index (χ4n) is 3.74. The van der Waals surface area contributed by atoms with Gasteiger partial charge in [0, 0.05) is 37.0 Å². The van der Waals surface area contributed by atoms with Gasteiger partial charge in [0.25, 0.3) is 5.56 Å². The van der Waals surface area contributed by atoms with E-state index in [0.717, 1.165) is 11.1 Å². The van der Waals surface area contributed by atoms with E-state index in [1.807, 2.05) is 48.5 Å². The molecule has 0 spiro atoms. The molecule has 37 heavy (non-hydrogen) atoms. The third-order valence-corrected chi connectivity index (χ3v) is 5.98. The molecule has 190 valence electrons. The molecule has 9 heteroatoms. The summed E-state index contributed by atoms with van der Waals surface area (Å²) in [5.41, 5.74) is 2.40. The second kappa shape index (κ2) is 12.2. The summed E-state index contributed by atoms with van der Waals surface area (Å²) in [6.45, 7) is 0.822. The number of carbonyl (C=O) groups excluding carboxylic acids is 1. The number of nitrogens with one attached hydrogen (secondary N) is 1. The standard InChI is InChI=1S/C28H27ClN4O4/c1-33(17-19-7-4-3-5-8-19)26(34)14-12-23-28(35)30-27(32-31-23)21-11-13-24(25(16-21)36-2)37-18-20-9-6-10-22(29)15-20/h3-11,13,15-16H,12,14,17-18H2,1-2H3,(H,30,32,35). The second-order valence-corrected chi connectivity index (χ2v) is 8.91. The van der Waals surface area contributed by atoms with Crippen molar-refractivity contribution in [3.63, 3.8) is 0 Å². The monoisotopic (exact) mass is 518 g/mol. The molecule has 0 aliphatic heterocycles. The summed E-state index contributed by atoms with van der Waals surface area (Å²) >= 11 is 6.04. The lowest BCUT2D eigenvalue weighted by Gasteiger charge is -2.17. The summed E-state index contributed by atoms with van der Waals surface area (Å²) in [6, 6.07) is 22.4. The predicted octanol–water partition coefficient (Wildman–Crippen LogP) is 4.66. The van der Waals surface area contributed by atoms with E-state index in [-0.39, 0.29) is 30.0 Å². The summed E-state index contributed by atoms with van der Waals surface area (Å²) in [6.07, 6.45) is 0.354. The SMILES string of the molecule is COc1cc(-c2nnc(CCC(=O)N(C)Cc3ccccc3)c(=O)[nH]2)ccc1OCc1cccc(Cl)c1. The number of aryl methyl sites for hydroxylation is 1. The molecular weight excluding hydrogens is 492 g/mol. The molecule has 0 saturated heterocycles. The highest BCUT2D eigenvalue weighted by Gasteiger charge is 2.14. The van der Waals surface area contributed by atoms with Gasteiger partial charge >= 0.3 is 0 Å². The van der Waals surface area contributed by atoms with Crippen LogP contribution in [0.2, 0.25) is 5.02 Å². The average molecular weight is 519 g/mol. The van der Waals surface area contributed by atoms with Crippen LogP contribution in [0.15, 0.2) is 77.6 Å². The maximum Gasteiger partial charge on any atom is 0.273 e. The zero-order valence-corrected chi connectivity index (χ0v) is 21.4. The lowest BCUT2D eigenvalue weighted by atomic mass is 10.1. The van der Waals surface area contributed by atoms with Gasteiger partial charge in [-0.2, -0.15) is 0 Å². The van der Waals surface area contributed by atoms with Crippen molar-refractivity contribution in [3.05, 3.63) is 105 Å². The van der Waals surface area contributed by atoms with Crippen molar-refractivity contribution in [1.82, 2.24) is 20.1 Å². The molecule has 4 aromatic rings. The number of hydrogen-bond acceptors (Lipinski definition) is 6. The molecule has 0 radical (unpaired) electrons. The van der Waals surface area contributed by atoms with E-state index in [1.165, 1.54) is 7.11 Å². The number of nitrogens with zero attached hydrogens (tertiary/aromatic N) is 3. The van der Waals surface area contributed by atoms with Crippen molar-refractivity contribution in [1.29, 1.82) is 0 Å². The zero-order chi connectivity index (χ0) is 26.2. The van der Waals surface area contributed by atoms with E-state index in [9.17, 15) is 9.59 Å². The quantitative estimate of drug-likeness (QED) is 0.328. The van der Waals surface area contributed by atoms with E-state index in [1.54, 1.807) is 36.2 Å². The Morgan fingerprint density at radius 3 is 2.49 bits per heavy atom. The highest BCUT2D eigenvalue weighted by atomic mass is 35.5. The smallest absolute Gasteiger partial charge is 0.273 e. The molecule has 0 fully saturated rings. The first-order chi connectivity index (χ1) is 17.9. The van der Waals surface area contributed by atoms with Crippen molar-refractivity contribution < 1.29 is 14.3 Å². The minimum Gasteiger partial charge on any atom is -0.493 e. The summed E-state index contributed by atoms with van der Waals surface area (Å²) < 4.78 is 11.4. The van der Waals surface area contributed by atoms with E-state index >= 15 is 0 Å². The molecule has 1 amide bonds. The van der Waals surface area contributed by atoms with Crippen LogP contribution in [-0.2, 0) is 24.4 Å². The molecule has 8 nitrogen and oxygen atoms in total. The summed E-state index contributed by atoms with van der Waals surface area (Å²) in [5, 5.41) is 8.89. The minimum absolute atomic E-state index is 0.0766. The van der Waals surface area contributed by atoms with Crippen LogP contribution in [0.4, 0.5) is 0 Å². The number of H-pyrrole nitrogens is 1. The summed E-state index contributed by atoms with van der Waals surface area (Å²) in [4.78, 5) is 29.5. The Morgan fingerprint density at radius 1 is 0.973 bits per heavy atom. The number of aromatic amines is 1. The first-order valence-corrected chi connectivity index (χ1v) is 12.1. The van der Waals surface area contributed by atoms with Crippen LogP contribution in [0.5, 0.6) is 11.5 Å². The molecule has 4 rings (SSSR count). The minimum atomic E-state index is -0.385. The Labute approximate surface area is 219 Å². The fourth-order valence-corrected chi connectivity index (χ4v) is 3.95. The molecule has 0 saturated carbocycles. The molecule has 1 heterocycles. The summed E-state index contributed by atoms with van der Waals surface area (Å²) in [5.74, 6) is 1.24. The van der Waals surface area contributed by atoms with Crippen LogP contribution < -0.4 is 15.0 Å². The maximum atomic E-state index is 12.6. The largest absolute Gasteiger partial charge is 0.493 e. The van der Waals surface area contributed by atoms with Crippen LogP contribution in [0.25, 0.3) is 11.4 Å². The number of hydrogen-bond donors (Lipinski definition) is 1. The molecule has 0 atom stereocenters. The topological polar surface area (TPSA) is 97.4 Å². The van der Waals surface area contributed by atoms with Gasteiger partial charge in [0.05, 0.1) is 7.11 Å². The van der Waals surface area contributed by atoms with Crippen LogP contribution >= 0.6 is 11.6 Å². The Hall–Kier alpha value is -4.17. The van der Waals surface area contributed by atoms with Crippen molar-refractivity contribution in [2.24, 2.45) is 0 Å². The van der Waals surface area contributed by atoms with Gasteiger partial charge in [-0.1, -0.05) is 54.1 Å². The van der Waals surface area contributed by atoms with Gasteiger partial charge in [-0.05, 0) is 41.5 Å². The van der Waals surface area contributed by atoms with Gasteiger partial charge in [-0.3, -0.25) is 9.59 Å². The van der Waals surface area contributed by atoms with E-state index in [0.29, 0.717) is 41.1 Å². The molecule has 0 bridgehead atoms. The van der Waals surface area contributed by atoms with E-state index in [2.05, 4.69) is 15.2 Å². The van der Waals surface area contributed by atoms with Gasteiger partial charge in [0.15, 0.2) is 17.3 Å². The number of ether oxygens (including phenoxy) is 2. The van der Waals surface area contributed by atoms with E-state index < -0.39 is 0 Å². The summed E-state index contributed by atoms with van der Waals surface area (Å²) in [7, 11) is 3.28. The van der Waals surface area contributed by atoms with Crippen molar-refractivity contribution in [3.8, 4) is 22.9 Å². The van der Waals surface area contributed by atoms with Gasteiger partial charge in [-0.25, -0.2) is 0 Å². The molecule has 1 N–H and O–H groups in total. The number of benzene rings is 3. The predicted molar refractivity (Wildman–Crippen MR) is 142 cm³/mol. The average Bonchev–Trinajstić information content (AvgIpc) is 2.91. The van der Waals surface area contributed by atoms with Crippen molar-refractivity contribution in [2.45, 2.75) is 26.0 Å². The second-order valence-electron chi connectivity index (χ2n) is 8.47. The number of rotatable bonds is 10. The normalized spacial score (nSPS) is 10.7. The number of methoxy groups -OCH3 is 1. The lowest BCUT2D eigenvalue weighted by Crippen LogP contribution is -2.27. The third-order valence-electron chi connectivity index (χ3n) is 5.75. The van der Waals surface area contributed by atoms with Crippen LogP contribution in [0, 0.1) is 0 Å². The Bertz CT molecular complexity index is 1430. The lowest BCUT2D eigenvalue weighted by molar-refractivity contribution is -0.130. The number of amides is 1. The molecule has 3 aromatic carbocycles. The van der Waals surface area contributed by atoms with Gasteiger partial charge in [0.1, 0.15) is 12.3 Å². The first-order valence-electron chi connectivity index (χ1n) is 11.7. The maximum absolute atomic E-state index is 12.6. The number of carbonyl (C=O) groups is 1. The third kappa shape index (κ3) is 6.95. The Balaban J connectivity index is 1.39. The van der Waals surface area contributed by atoms with Crippen LogP contribution in [0.3, 0.4) is 0 Å². The molecule has 0 aliphatic carbocycles. The fraction of sp³-hybridized carbons (Fsp3) is 0.214. The van der Waals surface area contributed by atoms with Gasteiger partial charge in [-0.15, -0.1) is 10.2 Å². The highest BCUT2D eigenvalue weighted by molar-refractivity contribution is 6.30. The first kappa shape index (κ1) is 25.9. The van der Waals surface area contributed by atoms with Crippen molar-refractivity contribution >= 4 is 17.5 Å². The molecule has 1 aromatic heterocycles. The van der Waals surface area contributed by atoms with E-state index in [4.69, 9.17) is 21.1 Å². The van der Waals surface area contributed by atoms with Crippen molar-refractivity contribution in [2.75, 3.05) is 14.2 Å². The molecular formula is C28H27ClN4O4. The highest BCUT2D eigenvalue weighted by Crippen LogP contribution is 2.31. The Morgan fingerprint density at radius 2 is 1.76 bits per heavy atom. The molecule has 0 unspecified atom stereocenters. The number of halogens is 1. The van der Waals surface area contributed by atoms with Gasteiger partial charge < -0.3 is 19.4 Å². The number of aromatic nitrogens is 3. The zero-order valence-electron chi connectivity index (χ0n) is 20.6. The van der Waals surface area contributed by atoms with Gasteiger partial charge in [0.2, 0.25) is 5.91 Å². The van der Waals surface area contributed by atoms with Crippen LogP contribution in [0.1, 0.15) is 23.2 Å².